The number of nitrogens with zero attached hydrogens (tertiary/aromatic N) is 4. The van der Waals surface area contributed by atoms with E-state index in [0.717, 1.165) is 12.8 Å². The summed E-state index contributed by atoms with van der Waals surface area (Å²) in [6, 6.07) is 8.42. The summed E-state index contributed by atoms with van der Waals surface area (Å²) in [6.07, 6.45) is 1.97. The molecule has 160 valence electrons. The minimum absolute atomic E-state index is 0.116. The van der Waals surface area contributed by atoms with Crippen molar-refractivity contribution in [2.24, 2.45) is 0 Å². The number of rotatable bonds is 8. The van der Waals surface area contributed by atoms with Gasteiger partial charge in [-0.1, -0.05) is 0 Å². The first-order chi connectivity index (χ1) is 14.9. The Bertz CT molecular complexity index is 1120. The largest absolute Gasteiger partial charge is 0.455 e. The molecule has 1 aliphatic carbocycles. The number of halogens is 2. The summed E-state index contributed by atoms with van der Waals surface area (Å²) in [4.78, 5) is 27.1. The molecule has 4 rings (SSSR count). The molecule has 2 heterocycles. The molecule has 2 aromatic heterocycles. The molecular formula is C20H17F2N5O4. The number of aromatic nitrogens is 3. The predicted molar refractivity (Wildman–Crippen MR) is 105 cm³/mol. The molecule has 0 aliphatic heterocycles. The Labute approximate surface area is 174 Å². The van der Waals surface area contributed by atoms with Crippen LogP contribution in [0.25, 0.3) is 0 Å². The lowest BCUT2D eigenvalue weighted by Crippen LogP contribution is -2.21. The van der Waals surface area contributed by atoms with Crippen molar-refractivity contribution >= 4 is 17.3 Å². The first-order valence-electron chi connectivity index (χ1n) is 9.42. The molecule has 1 aromatic carbocycles. The third-order valence-electron chi connectivity index (χ3n) is 4.60. The number of carbonyl (C=O) groups excluding carboxylic acids is 1. The molecule has 3 aromatic rings. The van der Waals surface area contributed by atoms with Crippen LogP contribution in [0.4, 0.5) is 20.2 Å². The Kier molecular flexibility index (Phi) is 5.56. The van der Waals surface area contributed by atoms with Crippen molar-refractivity contribution in [1.29, 1.82) is 0 Å². The summed E-state index contributed by atoms with van der Waals surface area (Å²) in [7, 11) is 0. The van der Waals surface area contributed by atoms with Crippen LogP contribution in [-0.4, -0.2) is 25.6 Å². The van der Waals surface area contributed by atoms with Gasteiger partial charge in [0.25, 0.3) is 12.1 Å². The van der Waals surface area contributed by atoms with E-state index in [1.807, 2.05) is 0 Å². The third-order valence-corrected chi connectivity index (χ3v) is 4.60. The van der Waals surface area contributed by atoms with E-state index in [2.05, 4.69) is 15.4 Å². The van der Waals surface area contributed by atoms with Crippen LogP contribution in [0.15, 0.2) is 48.8 Å². The van der Waals surface area contributed by atoms with E-state index in [9.17, 15) is 23.7 Å². The average Bonchev–Trinajstić information content (AvgIpc) is 3.48. The second-order valence-corrected chi connectivity index (χ2v) is 7.04. The van der Waals surface area contributed by atoms with Crippen molar-refractivity contribution in [2.75, 3.05) is 5.32 Å². The summed E-state index contributed by atoms with van der Waals surface area (Å²) < 4.78 is 32.9. The average molecular weight is 429 g/mol. The van der Waals surface area contributed by atoms with Gasteiger partial charge in [0, 0.05) is 29.9 Å². The van der Waals surface area contributed by atoms with E-state index >= 15 is 0 Å². The normalized spacial score (nSPS) is 13.3. The number of nitro benzene ring substituents is 1. The molecule has 0 saturated heterocycles. The van der Waals surface area contributed by atoms with Gasteiger partial charge in [0.15, 0.2) is 0 Å². The maximum Gasteiger partial charge on any atom is 0.282 e. The topological polar surface area (TPSA) is 112 Å². The summed E-state index contributed by atoms with van der Waals surface area (Å²) in [5.74, 6) is 0.0596. The summed E-state index contributed by atoms with van der Waals surface area (Å²) in [6.45, 7) is -0.292. The fraction of sp³-hybridized carbons (Fsp3) is 0.250. The highest BCUT2D eigenvalue weighted by atomic mass is 19.3. The lowest BCUT2D eigenvalue weighted by atomic mass is 10.2. The van der Waals surface area contributed by atoms with Gasteiger partial charge in [-0.3, -0.25) is 24.6 Å². The summed E-state index contributed by atoms with van der Waals surface area (Å²) in [5.41, 5.74) is 0.0593. The molecule has 9 nitrogen and oxygen atoms in total. The second kappa shape index (κ2) is 8.46. The van der Waals surface area contributed by atoms with Gasteiger partial charge in [0.1, 0.15) is 23.7 Å². The number of hydrogen-bond acceptors (Lipinski definition) is 6. The minimum Gasteiger partial charge on any atom is -0.455 e. The number of nitro groups is 1. The SMILES string of the molecule is O=C(Cn1nc(C(F)F)cc1C1CC1)Nc1cc(Oc2cccnc2)cc([N+](=O)[O-])c1. The Morgan fingerprint density at radius 3 is 2.74 bits per heavy atom. The fourth-order valence-corrected chi connectivity index (χ4v) is 3.09. The molecule has 11 heteroatoms. The molecule has 31 heavy (non-hydrogen) atoms. The van der Waals surface area contributed by atoms with Crippen LogP contribution in [0.3, 0.4) is 0 Å². The van der Waals surface area contributed by atoms with E-state index < -0.39 is 17.3 Å². The molecule has 0 atom stereocenters. The minimum atomic E-state index is -2.73. The zero-order valence-corrected chi connectivity index (χ0v) is 16.1. The number of hydrogen-bond donors (Lipinski definition) is 1. The third kappa shape index (κ3) is 5.00. The first kappa shape index (κ1) is 20.4. The Balaban J connectivity index is 1.53. The van der Waals surface area contributed by atoms with E-state index in [1.54, 1.807) is 18.3 Å². The van der Waals surface area contributed by atoms with Crippen molar-refractivity contribution in [3.63, 3.8) is 0 Å². The quantitative estimate of drug-likeness (QED) is 0.419. The van der Waals surface area contributed by atoms with Gasteiger partial charge in [0.2, 0.25) is 5.91 Å². The zero-order chi connectivity index (χ0) is 22.0. The number of ether oxygens (including phenoxy) is 1. The molecule has 1 aliphatic rings. The van der Waals surface area contributed by atoms with E-state index in [0.29, 0.717) is 11.4 Å². The van der Waals surface area contributed by atoms with Gasteiger partial charge >= 0.3 is 0 Å². The van der Waals surface area contributed by atoms with Gasteiger partial charge in [-0.2, -0.15) is 5.10 Å². The second-order valence-electron chi connectivity index (χ2n) is 7.04. The Morgan fingerprint density at radius 2 is 2.10 bits per heavy atom. The molecular weight excluding hydrogens is 412 g/mol. The highest BCUT2D eigenvalue weighted by molar-refractivity contribution is 5.91. The smallest absolute Gasteiger partial charge is 0.282 e. The molecule has 1 N–H and O–H groups in total. The van der Waals surface area contributed by atoms with Crippen LogP contribution in [0.5, 0.6) is 11.5 Å². The van der Waals surface area contributed by atoms with Gasteiger partial charge < -0.3 is 10.1 Å². The maximum atomic E-state index is 13.0. The molecule has 0 spiro atoms. The van der Waals surface area contributed by atoms with Gasteiger partial charge in [0.05, 0.1) is 22.9 Å². The highest BCUT2D eigenvalue weighted by Crippen LogP contribution is 2.41. The number of benzene rings is 1. The van der Waals surface area contributed by atoms with Crippen LogP contribution in [-0.2, 0) is 11.3 Å². The van der Waals surface area contributed by atoms with E-state index in [-0.39, 0.29) is 35.3 Å². The first-order valence-corrected chi connectivity index (χ1v) is 9.42. The van der Waals surface area contributed by atoms with Crippen molar-refractivity contribution < 1.29 is 23.2 Å². The summed E-state index contributed by atoms with van der Waals surface area (Å²) in [5, 5.41) is 17.7. The number of pyridine rings is 1. The molecule has 1 saturated carbocycles. The number of carbonyl (C=O) groups is 1. The Morgan fingerprint density at radius 1 is 1.29 bits per heavy atom. The van der Waals surface area contributed by atoms with E-state index in [4.69, 9.17) is 4.74 Å². The number of non-ortho nitro benzene ring substituents is 1. The lowest BCUT2D eigenvalue weighted by molar-refractivity contribution is -0.384. The number of alkyl halides is 2. The zero-order valence-electron chi connectivity index (χ0n) is 16.1. The molecule has 0 unspecified atom stereocenters. The number of anilines is 1. The van der Waals surface area contributed by atoms with Crippen molar-refractivity contribution in [2.45, 2.75) is 31.7 Å². The van der Waals surface area contributed by atoms with Crippen molar-refractivity contribution in [3.05, 3.63) is 70.3 Å². The van der Waals surface area contributed by atoms with Crippen LogP contribution in [0, 0.1) is 10.1 Å². The monoisotopic (exact) mass is 429 g/mol. The van der Waals surface area contributed by atoms with Crippen molar-refractivity contribution in [1.82, 2.24) is 14.8 Å². The Hall–Kier alpha value is -3.89. The number of nitrogens with one attached hydrogen (secondary N) is 1. The maximum absolute atomic E-state index is 13.0. The summed E-state index contributed by atoms with van der Waals surface area (Å²) >= 11 is 0. The molecule has 0 radical (unpaired) electrons. The van der Waals surface area contributed by atoms with Crippen LogP contribution < -0.4 is 10.1 Å². The van der Waals surface area contributed by atoms with Crippen LogP contribution >= 0.6 is 0 Å². The highest BCUT2D eigenvalue weighted by Gasteiger charge is 2.30. The number of amides is 1. The predicted octanol–water partition coefficient (Wildman–Crippen LogP) is 4.43. The van der Waals surface area contributed by atoms with E-state index in [1.165, 1.54) is 35.1 Å². The van der Waals surface area contributed by atoms with Crippen LogP contribution in [0.1, 0.15) is 36.6 Å². The van der Waals surface area contributed by atoms with Gasteiger partial charge in [-0.25, -0.2) is 8.78 Å². The van der Waals surface area contributed by atoms with Gasteiger partial charge in [-0.05, 0) is 31.0 Å². The molecule has 1 fully saturated rings. The lowest BCUT2D eigenvalue weighted by Gasteiger charge is -2.10. The standard InChI is InChI=1S/C20H17F2N5O4/c21-20(22)17-9-18(12-3-4-12)26(25-17)11-19(28)24-13-6-14(27(29)30)8-16(7-13)31-15-2-1-5-23-10-15/h1-2,5-10,12,20H,3-4,11H2,(H,24,28). The molecule has 1 amide bonds. The fourth-order valence-electron chi connectivity index (χ4n) is 3.09. The molecule has 0 bridgehead atoms. The van der Waals surface area contributed by atoms with Gasteiger partial charge in [-0.15, -0.1) is 0 Å². The van der Waals surface area contributed by atoms with Crippen molar-refractivity contribution in [3.8, 4) is 11.5 Å². The van der Waals surface area contributed by atoms with Crippen LogP contribution in [0.2, 0.25) is 0 Å².